The van der Waals surface area contributed by atoms with Gasteiger partial charge >= 0.3 is 0 Å². The van der Waals surface area contributed by atoms with Gasteiger partial charge in [0.05, 0.1) is 10.6 Å². The highest BCUT2D eigenvalue weighted by Gasteiger charge is 2.34. The van der Waals surface area contributed by atoms with Crippen molar-refractivity contribution in [1.29, 1.82) is 0 Å². The number of halogens is 2. The molecule has 4 aromatic carbocycles. The molecule has 1 N–H and O–H groups in total. The summed E-state index contributed by atoms with van der Waals surface area (Å²) in [6.45, 7) is 3.45. The Morgan fingerprint density at radius 3 is 2.19 bits per heavy atom. The molecule has 0 saturated heterocycles. The zero-order valence-corrected chi connectivity index (χ0v) is 26.2. The largest absolute Gasteiger partial charge is 0.355 e. The molecule has 7 nitrogen and oxygen atoms in total. The van der Waals surface area contributed by atoms with Crippen LogP contribution < -0.4 is 9.62 Å². The molecule has 0 fully saturated rings. The van der Waals surface area contributed by atoms with Crippen molar-refractivity contribution in [2.24, 2.45) is 0 Å². The van der Waals surface area contributed by atoms with E-state index >= 15 is 0 Å². The second-order valence-electron chi connectivity index (χ2n) is 10.0. The van der Waals surface area contributed by atoms with Gasteiger partial charge in [0, 0.05) is 29.6 Å². The first-order valence-corrected chi connectivity index (χ1v) is 16.0. The second-order valence-corrected chi connectivity index (χ2v) is 12.7. The molecule has 2 amide bonds. The third-order valence-corrected chi connectivity index (χ3v) is 9.30. The molecule has 0 bridgehead atoms. The molecule has 0 unspecified atom stereocenters. The van der Waals surface area contributed by atoms with Crippen LogP contribution in [0, 0.1) is 6.92 Å². The first kappa shape index (κ1) is 32.1. The first-order valence-electron chi connectivity index (χ1n) is 13.8. The summed E-state index contributed by atoms with van der Waals surface area (Å²) in [6.07, 6.45) is 0.219. The molecule has 4 aromatic rings. The van der Waals surface area contributed by atoms with E-state index in [1.807, 2.05) is 43.3 Å². The Hall–Kier alpha value is -3.85. The minimum Gasteiger partial charge on any atom is -0.355 e. The van der Waals surface area contributed by atoms with E-state index in [4.69, 9.17) is 23.2 Å². The number of rotatable bonds is 12. The van der Waals surface area contributed by atoms with Crippen LogP contribution in [0.15, 0.2) is 108 Å². The maximum absolute atomic E-state index is 14.4. The van der Waals surface area contributed by atoms with Gasteiger partial charge in [-0.3, -0.25) is 13.9 Å². The van der Waals surface area contributed by atoms with E-state index < -0.39 is 28.5 Å². The van der Waals surface area contributed by atoms with Crippen LogP contribution in [0.2, 0.25) is 10.0 Å². The molecule has 0 aliphatic rings. The van der Waals surface area contributed by atoms with Crippen molar-refractivity contribution in [2.45, 2.75) is 37.8 Å². The zero-order valence-electron chi connectivity index (χ0n) is 23.9. The van der Waals surface area contributed by atoms with Gasteiger partial charge in [0.2, 0.25) is 11.8 Å². The molecule has 0 saturated carbocycles. The van der Waals surface area contributed by atoms with Crippen molar-refractivity contribution < 1.29 is 18.0 Å². The summed E-state index contributed by atoms with van der Waals surface area (Å²) in [6, 6.07) is 28.2. The predicted octanol–water partition coefficient (Wildman–Crippen LogP) is 6.27. The second kappa shape index (κ2) is 14.6. The van der Waals surface area contributed by atoms with Gasteiger partial charge in [-0.1, -0.05) is 83.9 Å². The number of nitrogens with zero attached hydrogens (tertiary/aromatic N) is 2. The van der Waals surface area contributed by atoms with Gasteiger partial charge in [0.25, 0.3) is 10.0 Å². The number of likely N-dealkylation sites (N-methyl/N-ethyl adjacent to an activating group) is 1. The SMILES string of the molecule is CCNC(=O)[C@@H](Cc1ccccc1)N(Cc1ccccc1Cl)C(=O)CN(c1cccc(C)c1)S(=O)(=O)c1ccc(Cl)cc1. The molecule has 43 heavy (non-hydrogen) atoms. The van der Waals surface area contributed by atoms with Crippen LogP contribution in [0.4, 0.5) is 5.69 Å². The van der Waals surface area contributed by atoms with Gasteiger partial charge < -0.3 is 10.2 Å². The Labute approximate surface area is 263 Å². The lowest BCUT2D eigenvalue weighted by Gasteiger charge is -2.34. The number of aryl methyl sites for hydroxylation is 1. The minimum atomic E-state index is -4.21. The summed E-state index contributed by atoms with van der Waals surface area (Å²) >= 11 is 12.5. The molecule has 0 spiro atoms. The first-order chi connectivity index (χ1) is 20.6. The smallest absolute Gasteiger partial charge is 0.264 e. The van der Waals surface area contributed by atoms with E-state index in [1.54, 1.807) is 49.4 Å². The van der Waals surface area contributed by atoms with Crippen LogP contribution in [-0.4, -0.2) is 44.3 Å². The van der Waals surface area contributed by atoms with Crippen molar-refractivity contribution >= 4 is 50.7 Å². The van der Waals surface area contributed by atoms with Gasteiger partial charge in [-0.25, -0.2) is 8.42 Å². The fourth-order valence-corrected chi connectivity index (χ4v) is 6.43. The Morgan fingerprint density at radius 2 is 1.53 bits per heavy atom. The van der Waals surface area contributed by atoms with Crippen molar-refractivity contribution in [3.05, 3.63) is 130 Å². The van der Waals surface area contributed by atoms with Gasteiger partial charge in [0.1, 0.15) is 12.6 Å². The fourth-order valence-electron chi connectivity index (χ4n) is 4.70. The van der Waals surface area contributed by atoms with Crippen LogP contribution in [0.1, 0.15) is 23.6 Å². The normalized spacial score (nSPS) is 11.9. The summed E-state index contributed by atoms with van der Waals surface area (Å²) in [5, 5.41) is 3.66. The molecule has 0 aromatic heterocycles. The maximum atomic E-state index is 14.4. The summed E-state index contributed by atoms with van der Waals surface area (Å²) in [7, 11) is -4.21. The third-order valence-electron chi connectivity index (χ3n) is 6.89. The monoisotopic (exact) mass is 637 g/mol. The summed E-state index contributed by atoms with van der Waals surface area (Å²) < 4.78 is 29.1. The van der Waals surface area contributed by atoms with E-state index in [1.165, 1.54) is 29.2 Å². The van der Waals surface area contributed by atoms with Crippen LogP contribution in [0.5, 0.6) is 0 Å². The number of carbonyl (C=O) groups is 2. The van der Waals surface area contributed by atoms with Crippen LogP contribution in [0.25, 0.3) is 0 Å². The van der Waals surface area contributed by atoms with Gasteiger partial charge in [-0.15, -0.1) is 0 Å². The molecule has 224 valence electrons. The lowest BCUT2D eigenvalue weighted by atomic mass is 10.0. The molecule has 4 rings (SSSR count). The topological polar surface area (TPSA) is 86.8 Å². The molecular weight excluding hydrogens is 605 g/mol. The zero-order chi connectivity index (χ0) is 31.0. The van der Waals surface area contributed by atoms with E-state index in [-0.39, 0.29) is 23.8 Å². The molecule has 1 atom stereocenters. The number of carbonyl (C=O) groups excluding carboxylic acids is 2. The number of hydrogen-bond donors (Lipinski definition) is 1. The van der Waals surface area contributed by atoms with Crippen LogP contribution in [-0.2, 0) is 32.6 Å². The lowest BCUT2D eigenvalue weighted by Crippen LogP contribution is -2.53. The average molecular weight is 639 g/mol. The van der Waals surface area contributed by atoms with E-state index in [0.29, 0.717) is 27.8 Å². The Balaban J connectivity index is 1.80. The molecule has 0 aliphatic heterocycles. The Bertz CT molecular complexity index is 1670. The van der Waals surface area contributed by atoms with Crippen molar-refractivity contribution in [3.8, 4) is 0 Å². The number of nitrogens with one attached hydrogen (secondary N) is 1. The van der Waals surface area contributed by atoms with Crippen molar-refractivity contribution in [1.82, 2.24) is 10.2 Å². The van der Waals surface area contributed by atoms with Gasteiger partial charge in [-0.2, -0.15) is 0 Å². The van der Waals surface area contributed by atoms with Crippen LogP contribution >= 0.6 is 23.2 Å². The third kappa shape index (κ3) is 8.16. The molecule has 0 heterocycles. The predicted molar refractivity (Wildman–Crippen MR) is 172 cm³/mol. The van der Waals surface area contributed by atoms with Gasteiger partial charge in [-0.05, 0) is 73.0 Å². The Morgan fingerprint density at radius 1 is 0.860 bits per heavy atom. The van der Waals surface area contributed by atoms with Gasteiger partial charge in [0.15, 0.2) is 0 Å². The number of benzene rings is 4. The lowest BCUT2D eigenvalue weighted by molar-refractivity contribution is -0.140. The summed E-state index contributed by atoms with van der Waals surface area (Å²) in [5.41, 5.74) is 2.61. The minimum absolute atomic E-state index is 0.00418. The number of hydrogen-bond acceptors (Lipinski definition) is 4. The van der Waals surface area contributed by atoms with E-state index in [0.717, 1.165) is 15.4 Å². The van der Waals surface area contributed by atoms with Crippen molar-refractivity contribution in [3.63, 3.8) is 0 Å². The number of anilines is 1. The Kier molecular flexibility index (Phi) is 10.9. The quantitative estimate of drug-likeness (QED) is 0.198. The standard InChI is InChI=1S/C33H33Cl2N3O4S/c1-3-36-33(40)31(21-25-11-5-4-6-12-25)37(22-26-13-7-8-15-30(26)35)32(39)23-38(28-14-9-10-24(2)20-28)43(41,42)29-18-16-27(34)17-19-29/h4-20,31H,3,21-23H2,1-2H3,(H,36,40)/t31-/m1/s1. The molecule has 10 heteroatoms. The highest BCUT2D eigenvalue weighted by molar-refractivity contribution is 7.92. The molecular formula is C33H33Cl2N3O4S. The molecule has 0 aliphatic carbocycles. The average Bonchev–Trinajstić information content (AvgIpc) is 2.99. The number of amides is 2. The van der Waals surface area contributed by atoms with Crippen LogP contribution in [0.3, 0.4) is 0 Å². The number of sulfonamides is 1. The highest BCUT2D eigenvalue weighted by Crippen LogP contribution is 2.27. The molecule has 0 radical (unpaired) electrons. The van der Waals surface area contributed by atoms with E-state index in [9.17, 15) is 18.0 Å². The fraction of sp³-hybridized carbons (Fsp3) is 0.212. The summed E-state index contributed by atoms with van der Waals surface area (Å²) in [4.78, 5) is 29.3. The summed E-state index contributed by atoms with van der Waals surface area (Å²) in [5.74, 6) is -0.916. The maximum Gasteiger partial charge on any atom is 0.264 e. The van der Waals surface area contributed by atoms with E-state index in [2.05, 4.69) is 5.32 Å². The highest BCUT2D eigenvalue weighted by atomic mass is 35.5. The van der Waals surface area contributed by atoms with Crippen molar-refractivity contribution in [2.75, 3.05) is 17.4 Å².